The molecule has 3 heteroatoms. The predicted octanol–water partition coefficient (Wildman–Crippen LogP) is 2.03. The Balaban J connectivity index is 1.83. The van der Waals surface area contributed by atoms with Gasteiger partial charge in [0.05, 0.1) is 0 Å². The first-order chi connectivity index (χ1) is 8.86. The number of hydrogen-bond acceptors (Lipinski definition) is 3. The molecule has 1 fully saturated rings. The van der Waals surface area contributed by atoms with Crippen LogP contribution in [0.25, 0.3) is 10.8 Å². The van der Waals surface area contributed by atoms with E-state index in [1.54, 1.807) is 0 Å². The Morgan fingerprint density at radius 2 is 2.22 bits per heavy atom. The Hall–Kier alpha value is -1.45. The molecule has 0 aliphatic carbocycles. The number of pyridine rings is 1. The maximum atomic E-state index is 4.35. The van der Waals surface area contributed by atoms with E-state index in [-0.39, 0.29) is 0 Å². The van der Waals surface area contributed by atoms with Crippen LogP contribution in [0.15, 0.2) is 36.7 Å². The summed E-state index contributed by atoms with van der Waals surface area (Å²) in [6, 6.07) is 9.14. The van der Waals surface area contributed by atoms with E-state index in [1.807, 2.05) is 19.4 Å². The Morgan fingerprint density at radius 1 is 1.33 bits per heavy atom. The first-order valence-electron chi connectivity index (χ1n) is 6.58. The minimum absolute atomic E-state index is 0.646. The number of benzene rings is 1. The highest BCUT2D eigenvalue weighted by molar-refractivity contribution is 5.84. The third kappa shape index (κ3) is 2.24. The molecule has 1 aromatic carbocycles. The Morgan fingerprint density at radius 3 is 3.06 bits per heavy atom. The lowest BCUT2D eigenvalue weighted by Gasteiger charge is -2.16. The topological polar surface area (TPSA) is 28.2 Å². The number of likely N-dealkylation sites (N-methyl/N-ethyl adjacent to an activating group) is 1. The standard InChI is InChI=1S/C15H19N3/c1-16-14-6-7-18(11-14)10-13-9-17-8-12-4-2-3-5-15(12)13/h2-5,8-9,14,16H,6-7,10-11H2,1H3. The molecule has 2 heterocycles. The van der Waals surface area contributed by atoms with Crippen LogP contribution in [0.1, 0.15) is 12.0 Å². The van der Waals surface area contributed by atoms with Crippen molar-refractivity contribution in [3.8, 4) is 0 Å². The lowest BCUT2D eigenvalue weighted by atomic mass is 10.1. The zero-order chi connectivity index (χ0) is 12.4. The summed E-state index contributed by atoms with van der Waals surface area (Å²) >= 11 is 0. The van der Waals surface area contributed by atoms with Crippen molar-refractivity contribution in [2.24, 2.45) is 0 Å². The molecule has 1 atom stereocenters. The van der Waals surface area contributed by atoms with Gasteiger partial charge in [-0.25, -0.2) is 0 Å². The molecule has 0 radical (unpaired) electrons. The molecule has 0 saturated carbocycles. The molecule has 18 heavy (non-hydrogen) atoms. The van der Waals surface area contributed by atoms with E-state index < -0.39 is 0 Å². The van der Waals surface area contributed by atoms with Gasteiger partial charge in [0.1, 0.15) is 0 Å². The van der Waals surface area contributed by atoms with E-state index in [0.717, 1.165) is 13.1 Å². The van der Waals surface area contributed by atoms with Crippen molar-refractivity contribution in [3.05, 3.63) is 42.2 Å². The number of nitrogens with one attached hydrogen (secondary N) is 1. The fraction of sp³-hybridized carbons (Fsp3) is 0.400. The van der Waals surface area contributed by atoms with Gasteiger partial charge >= 0.3 is 0 Å². The average Bonchev–Trinajstić information content (AvgIpc) is 2.87. The van der Waals surface area contributed by atoms with Crippen molar-refractivity contribution in [1.29, 1.82) is 0 Å². The zero-order valence-corrected chi connectivity index (χ0v) is 10.8. The summed E-state index contributed by atoms with van der Waals surface area (Å²) in [5.41, 5.74) is 1.34. The second-order valence-electron chi connectivity index (χ2n) is 5.03. The molecule has 3 rings (SSSR count). The van der Waals surface area contributed by atoms with Crippen molar-refractivity contribution in [2.45, 2.75) is 19.0 Å². The molecule has 0 bridgehead atoms. The molecule has 1 aromatic heterocycles. The zero-order valence-electron chi connectivity index (χ0n) is 10.8. The normalized spacial score (nSPS) is 20.6. The Labute approximate surface area is 108 Å². The SMILES string of the molecule is CNC1CCN(Cc2cncc3ccccc23)C1. The van der Waals surface area contributed by atoms with E-state index in [1.165, 1.54) is 29.3 Å². The Bertz CT molecular complexity index is 533. The summed E-state index contributed by atoms with van der Waals surface area (Å²) in [5, 5.41) is 5.93. The van der Waals surface area contributed by atoms with Crippen molar-refractivity contribution in [3.63, 3.8) is 0 Å². The summed E-state index contributed by atoms with van der Waals surface area (Å²) in [7, 11) is 2.05. The molecule has 3 nitrogen and oxygen atoms in total. The van der Waals surface area contributed by atoms with Crippen molar-refractivity contribution < 1.29 is 0 Å². The summed E-state index contributed by atoms with van der Waals surface area (Å²) in [4.78, 5) is 6.86. The van der Waals surface area contributed by atoms with Gasteiger partial charge in [-0.2, -0.15) is 0 Å². The lowest BCUT2D eigenvalue weighted by Crippen LogP contribution is -2.29. The van der Waals surface area contributed by atoms with Gasteiger partial charge < -0.3 is 5.32 Å². The highest BCUT2D eigenvalue weighted by Gasteiger charge is 2.21. The van der Waals surface area contributed by atoms with Gasteiger partial charge in [-0.05, 0) is 24.4 Å². The first-order valence-corrected chi connectivity index (χ1v) is 6.58. The van der Waals surface area contributed by atoms with Crippen LogP contribution in [0.5, 0.6) is 0 Å². The smallest absolute Gasteiger partial charge is 0.0346 e. The van der Waals surface area contributed by atoms with Gasteiger partial charge in [-0.3, -0.25) is 9.88 Å². The molecular weight excluding hydrogens is 222 g/mol. The van der Waals surface area contributed by atoms with E-state index in [4.69, 9.17) is 0 Å². The van der Waals surface area contributed by atoms with Crippen LogP contribution in [0.4, 0.5) is 0 Å². The minimum Gasteiger partial charge on any atom is -0.316 e. The third-order valence-corrected chi connectivity index (χ3v) is 3.83. The van der Waals surface area contributed by atoms with Gasteiger partial charge in [0.15, 0.2) is 0 Å². The quantitative estimate of drug-likeness (QED) is 0.891. The average molecular weight is 241 g/mol. The van der Waals surface area contributed by atoms with Gasteiger partial charge in [0.2, 0.25) is 0 Å². The van der Waals surface area contributed by atoms with Gasteiger partial charge in [0.25, 0.3) is 0 Å². The summed E-state index contributed by atoms with van der Waals surface area (Å²) in [5.74, 6) is 0. The Kier molecular flexibility index (Phi) is 3.26. The van der Waals surface area contributed by atoms with Crippen LogP contribution in [-0.4, -0.2) is 36.1 Å². The van der Waals surface area contributed by atoms with Crippen LogP contribution in [-0.2, 0) is 6.54 Å². The van der Waals surface area contributed by atoms with Crippen LogP contribution in [0.2, 0.25) is 0 Å². The number of nitrogens with zero attached hydrogens (tertiary/aromatic N) is 2. The van der Waals surface area contributed by atoms with Crippen LogP contribution < -0.4 is 5.32 Å². The highest BCUT2D eigenvalue weighted by atomic mass is 15.2. The number of aromatic nitrogens is 1. The molecule has 94 valence electrons. The largest absolute Gasteiger partial charge is 0.316 e. The van der Waals surface area contributed by atoms with E-state index in [9.17, 15) is 0 Å². The summed E-state index contributed by atoms with van der Waals surface area (Å²) < 4.78 is 0. The van der Waals surface area contributed by atoms with Gasteiger partial charge in [-0.15, -0.1) is 0 Å². The maximum absolute atomic E-state index is 4.35. The van der Waals surface area contributed by atoms with Gasteiger partial charge in [0, 0.05) is 43.5 Å². The minimum atomic E-state index is 0.646. The lowest BCUT2D eigenvalue weighted by molar-refractivity contribution is 0.323. The van der Waals surface area contributed by atoms with Crippen molar-refractivity contribution in [1.82, 2.24) is 15.2 Å². The van der Waals surface area contributed by atoms with Crippen LogP contribution in [0, 0.1) is 0 Å². The molecule has 1 aliphatic heterocycles. The maximum Gasteiger partial charge on any atom is 0.0346 e. The van der Waals surface area contributed by atoms with Crippen molar-refractivity contribution in [2.75, 3.05) is 20.1 Å². The molecule has 1 saturated heterocycles. The second-order valence-corrected chi connectivity index (χ2v) is 5.03. The van der Waals surface area contributed by atoms with E-state index in [0.29, 0.717) is 6.04 Å². The molecule has 1 aliphatic rings. The number of rotatable bonds is 3. The summed E-state index contributed by atoms with van der Waals surface area (Å²) in [6.45, 7) is 3.32. The molecule has 0 spiro atoms. The first kappa shape index (κ1) is 11.6. The molecule has 2 aromatic rings. The predicted molar refractivity (Wildman–Crippen MR) is 74.5 cm³/mol. The number of likely N-dealkylation sites (tertiary alicyclic amines) is 1. The highest BCUT2D eigenvalue weighted by Crippen LogP contribution is 2.20. The third-order valence-electron chi connectivity index (χ3n) is 3.83. The molecule has 1 unspecified atom stereocenters. The van der Waals surface area contributed by atoms with Crippen LogP contribution in [0.3, 0.4) is 0 Å². The van der Waals surface area contributed by atoms with Crippen LogP contribution >= 0.6 is 0 Å². The molecule has 1 N–H and O–H groups in total. The fourth-order valence-corrected chi connectivity index (χ4v) is 2.76. The molecular formula is C15H19N3. The van der Waals surface area contributed by atoms with Crippen molar-refractivity contribution >= 4 is 10.8 Å². The van der Waals surface area contributed by atoms with E-state index >= 15 is 0 Å². The molecule has 0 amide bonds. The number of hydrogen-bond donors (Lipinski definition) is 1. The monoisotopic (exact) mass is 241 g/mol. The fourth-order valence-electron chi connectivity index (χ4n) is 2.76. The number of fused-ring (bicyclic) bond motifs is 1. The summed E-state index contributed by atoms with van der Waals surface area (Å²) in [6.07, 6.45) is 5.20. The second kappa shape index (κ2) is 5.04. The van der Waals surface area contributed by atoms with Gasteiger partial charge in [-0.1, -0.05) is 24.3 Å². The van der Waals surface area contributed by atoms with E-state index in [2.05, 4.69) is 39.5 Å².